The van der Waals surface area contributed by atoms with Gasteiger partial charge in [-0.3, -0.25) is 5.10 Å². The molecule has 0 amide bonds. The Morgan fingerprint density at radius 1 is 1.38 bits per heavy atom. The Kier molecular flexibility index (Phi) is 4.39. The summed E-state index contributed by atoms with van der Waals surface area (Å²) in [4.78, 5) is 11.1. The van der Waals surface area contributed by atoms with Crippen LogP contribution in [-0.4, -0.2) is 29.7 Å². The van der Waals surface area contributed by atoms with Crippen molar-refractivity contribution in [1.29, 1.82) is 0 Å². The molecule has 7 nitrogen and oxygen atoms in total. The Hall–Kier alpha value is -2.19. The van der Waals surface area contributed by atoms with E-state index < -0.39 is 16.0 Å². The fourth-order valence-corrected chi connectivity index (χ4v) is 2.90. The molecule has 112 valence electrons. The number of hydrogen-bond acceptors (Lipinski definition) is 4. The molecule has 1 aromatic heterocycles. The van der Waals surface area contributed by atoms with Crippen LogP contribution in [0.2, 0.25) is 0 Å². The third-order valence-corrected chi connectivity index (χ3v) is 4.41. The van der Waals surface area contributed by atoms with E-state index in [0.717, 1.165) is 0 Å². The molecule has 0 aliphatic heterocycles. The van der Waals surface area contributed by atoms with Crippen LogP contribution < -0.4 is 4.72 Å². The van der Waals surface area contributed by atoms with Gasteiger partial charge in [-0.15, -0.1) is 0 Å². The van der Waals surface area contributed by atoms with Crippen LogP contribution in [0.3, 0.4) is 0 Å². The molecule has 0 unspecified atom stereocenters. The van der Waals surface area contributed by atoms with E-state index in [4.69, 9.17) is 5.11 Å². The lowest BCUT2D eigenvalue weighted by atomic mass is 10.1. The topological polar surface area (TPSA) is 112 Å². The van der Waals surface area contributed by atoms with Gasteiger partial charge >= 0.3 is 5.97 Å². The summed E-state index contributed by atoms with van der Waals surface area (Å²) < 4.78 is 26.7. The second-order valence-electron chi connectivity index (χ2n) is 4.38. The zero-order valence-corrected chi connectivity index (χ0v) is 12.1. The number of hydrogen-bond donors (Lipinski definition) is 3. The van der Waals surface area contributed by atoms with E-state index in [0.29, 0.717) is 17.7 Å². The standard InChI is InChI=1S/C13H15N3O4S/c1-2-9-3-4-11(7-12(9)13(17)18)21(19,20)15-8-10-5-6-14-16-10/h3-7,15H,2,8H2,1H3,(H,14,16)(H,17,18). The summed E-state index contributed by atoms with van der Waals surface area (Å²) in [6, 6.07) is 5.75. The van der Waals surface area contributed by atoms with E-state index in [1.807, 2.05) is 6.92 Å². The second kappa shape index (κ2) is 6.06. The number of sulfonamides is 1. The molecule has 1 aromatic carbocycles. The van der Waals surface area contributed by atoms with Crippen molar-refractivity contribution < 1.29 is 18.3 Å². The van der Waals surface area contributed by atoms with Crippen LogP contribution in [0.25, 0.3) is 0 Å². The van der Waals surface area contributed by atoms with Crippen molar-refractivity contribution in [1.82, 2.24) is 14.9 Å². The number of nitrogens with one attached hydrogen (secondary N) is 2. The number of carboxylic acid groups (broad SMARTS) is 1. The number of carbonyl (C=O) groups is 1. The molecule has 3 N–H and O–H groups in total. The van der Waals surface area contributed by atoms with Gasteiger partial charge in [0.2, 0.25) is 10.0 Å². The minimum absolute atomic E-state index is 0.00177. The van der Waals surface area contributed by atoms with Crippen molar-refractivity contribution in [3.05, 3.63) is 47.3 Å². The summed E-state index contributed by atoms with van der Waals surface area (Å²) in [6.07, 6.45) is 2.03. The molecule has 0 fully saturated rings. The summed E-state index contributed by atoms with van der Waals surface area (Å²) in [5.41, 5.74) is 1.21. The van der Waals surface area contributed by atoms with Crippen LogP contribution in [-0.2, 0) is 23.0 Å². The highest BCUT2D eigenvalue weighted by molar-refractivity contribution is 7.89. The van der Waals surface area contributed by atoms with Crippen molar-refractivity contribution in [3.8, 4) is 0 Å². The SMILES string of the molecule is CCc1ccc(S(=O)(=O)NCc2ccn[nH]2)cc1C(=O)O. The summed E-state index contributed by atoms with van der Waals surface area (Å²) in [6.45, 7) is 1.87. The molecular weight excluding hydrogens is 294 g/mol. The van der Waals surface area contributed by atoms with Gasteiger partial charge in [-0.25, -0.2) is 17.9 Å². The van der Waals surface area contributed by atoms with Gasteiger partial charge in [0.05, 0.1) is 22.7 Å². The first-order valence-electron chi connectivity index (χ1n) is 6.28. The van der Waals surface area contributed by atoms with E-state index in [-0.39, 0.29) is 17.0 Å². The smallest absolute Gasteiger partial charge is 0.336 e. The maximum atomic E-state index is 12.2. The molecule has 21 heavy (non-hydrogen) atoms. The average Bonchev–Trinajstić information content (AvgIpc) is 2.97. The number of aromatic nitrogens is 2. The lowest BCUT2D eigenvalue weighted by Gasteiger charge is -2.09. The van der Waals surface area contributed by atoms with E-state index in [1.165, 1.54) is 24.4 Å². The molecule has 8 heteroatoms. The van der Waals surface area contributed by atoms with Crippen LogP contribution >= 0.6 is 0 Å². The third-order valence-electron chi connectivity index (χ3n) is 3.01. The number of benzene rings is 1. The van der Waals surface area contributed by atoms with Gasteiger partial charge in [0.25, 0.3) is 0 Å². The molecule has 0 spiro atoms. The second-order valence-corrected chi connectivity index (χ2v) is 6.15. The van der Waals surface area contributed by atoms with Crippen LogP contribution in [0.15, 0.2) is 35.4 Å². The van der Waals surface area contributed by atoms with Gasteiger partial charge in [0, 0.05) is 6.20 Å². The lowest BCUT2D eigenvalue weighted by Crippen LogP contribution is -2.24. The number of rotatable bonds is 6. The highest BCUT2D eigenvalue weighted by atomic mass is 32.2. The molecular formula is C13H15N3O4S. The maximum Gasteiger partial charge on any atom is 0.336 e. The van der Waals surface area contributed by atoms with Crippen molar-refractivity contribution >= 4 is 16.0 Å². The molecule has 0 aliphatic carbocycles. The zero-order chi connectivity index (χ0) is 15.5. The van der Waals surface area contributed by atoms with Crippen LogP contribution in [0.4, 0.5) is 0 Å². The third kappa shape index (κ3) is 3.47. The number of aromatic carboxylic acids is 1. The van der Waals surface area contributed by atoms with Gasteiger partial charge < -0.3 is 5.11 Å². The molecule has 0 saturated heterocycles. The van der Waals surface area contributed by atoms with Crippen LogP contribution in [0.1, 0.15) is 28.5 Å². The zero-order valence-electron chi connectivity index (χ0n) is 11.3. The minimum Gasteiger partial charge on any atom is -0.478 e. The lowest BCUT2D eigenvalue weighted by molar-refractivity contribution is 0.0695. The average molecular weight is 309 g/mol. The van der Waals surface area contributed by atoms with Crippen molar-refractivity contribution in [2.45, 2.75) is 24.8 Å². The van der Waals surface area contributed by atoms with Crippen molar-refractivity contribution in [2.24, 2.45) is 0 Å². The van der Waals surface area contributed by atoms with Crippen molar-refractivity contribution in [3.63, 3.8) is 0 Å². The van der Waals surface area contributed by atoms with Gasteiger partial charge in [0.1, 0.15) is 0 Å². The molecule has 2 aromatic rings. The monoisotopic (exact) mass is 309 g/mol. The van der Waals surface area contributed by atoms with Gasteiger partial charge in [-0.2, -0.15) is 5.10 Å². The van der Waals surface area contributed by atoms with E-state index in [1.54, 1.807) is 6.07 Å². The Labute approximate surface area is 122 Å². The van der Waals surface area contributed by atoms with Crippen LogP contribution in [0.5, 0.6) is 0 Å². The summed E-state index contributed by atoms with van der Waals surface area (Å²) >= 11 is 0. The predicted octanol–water partition coefficient (Wildman–Crippen LogP) is 1.15. The number of aryl methyl sites for hydroxylation is 1. The van der Waals surface area contributed by atoms with E-state index in [9.17, 15) is 13.2 Å². The Morgan fingerprint density at radius 2 is 2.14 bits per heavy atom. The van der Waals surface area contributed by atoms with Crippen LogP contribution in [0, 0.1) is 0 Å². The van der Waals surface area contributed by atoms with Gasteiger partial charge in [-0.1, -0.05) is 13.0 Å². The first-order valence-corrected chi connectivity index (χ1v) is 7.76. The highest BCUT2D eigenvalue weighted by Crippen LogP contribution is 2.17. The number of H-pyrrole nitrogens is 1. The summed E-state index contributed by atoms with van der Waals surface area (Å²) in [5, 5.41) is 15.5. The largest absolute Gasteiger partial charge is 0.478 e. The number of aromatic amines is 1. The predicted molar refractivity (Wildman–Crippen MR) is 75.4 cm³/mol. The molecule has 0 atom stereocenters. The molecule has 0 bridgehead atoms. The Bertz CT molecular complexity index is 739. The van der Waals surface area contributed by atoms with Gasteiger partial charge in [0.15, 0.2) is 0 Å². The molecule has 0 saturated carbocycles. The quantitative estimate of drug-likeness (QED) is 0.741. The first kappa shape index (κ1) is 15.2. The summed E-state index contributed by atoms with van der Waals surface area (Å²) in [5.74, 6) is -1.14. The maximum absolute atomic E-state index is 12.2. The fourth-order valence-electron chi connectivity index (χ4n) is 1.87. The highest BCUT2D eigenvalue weighted by Gasteiger charge is 2.18. The fraction of sp³-hybridized carbons (Fsp3) is 0.231. The Balaban J connectivity index is 2.27. The normalized spacial score (nSPS) is 11.5. The van der Waals surface area contributed by atoms with E-state index >= 15 is 0 Å². The van der Waals surface area contributed by atoms with Crippen molar-refractivity contribution in [2.75, 3.05) is 0 Å². The molecule has 0 aliphatic rings. The molecule has 2 rings (SSSR count). The summed E-state index contributed by atoms with van der Waals surface area (Å²) in [7, 11) is -3.78. The number of carboxylic acids is 1. The first-order chi connectivity index (χ1) is 9.94. The van der Waals surface area contributed by atoms with Gasteiger partial charge in [-0.05, 0) is 30.2 Å². The molecule has 0 radical (unpaired) electrons. The number of nitrogens with zero attached hydrogens (tertiary/aromatic N) is 1. The molecule has 1 heterocycles. The Morgan fingerprint density at radius 3 is 2.71 bits per heavy atom. The minimum atomic E-state index is -3.78. The van der Waals surface area contributed by atoms with E-state index in [2.05, 4.69) is 14.9 Å².